The van der Waals surface area contributed by atoms with Gasteiger partial charge in [-0.15, -0.1) is 0 Å². The first-order valence-electron chi connectivity index (χ1n) is 9.03. The second-order valence-corrected chi connectivity index (χ2v) is 6.42. The van der Waals surface area contributed by atoms with Gasteiger partial charge in [0.15, 0.2) is 0 Å². The van der Waals surface area contributed by atoms with Gasteiger partial charge >= 0.3 is 6.09 Å². The van der Waals surface area contributed by atoms with Crippen molar-refractivity contribution in [3.05, 3.63) is 59.7 Å². The molecule has 0 aliphatic heterocycles. The smallest absolute Gasteiger partial charge is 0.412 e. The molecular formula is C21H27NO5. The van der Waals surface area contributed by atoms with Crippen LogP contribution < -0.4 is 10.1 Å². The fourth-order valence-electron chi connectivity index (χ4n) is 2.74. The maximum Gasteiger partial charge on any atom is 0.412 e. The number of ether oxygens (including phenoxy) is 2. The number of carbonyl (C=O) groups excluding carboxylic acids is 1. The van der Waals surface area contributed by atoms with Crippen LogP contribution in [0.5, 0.6) is 5.75 Å². The molecule has 0 saturated carbocycles. The van der Waals surface area contributed by atoms with Gasteiger partial charge in [0.2, 0.25) is 0 Å². The second-order valence-electron chi connectivity index (χ2n) is 6.42. The van der Waals surface area contributed by atoms with Crippen LogP contribution in [0.25, 0.3) is 0 Å². The lowest BCUT2D eigenvalue weighted by Gasteiger charge is -2.26. The van der Waals surface area contributed by atoms with Crippen LogP contribution in [0.2, 0.25) is 0 Å². The van der Waals surface area contributed by atoms with Crippen molar-refractivity contribution in [2.45, 2.75) is 26.4 Å². The monoisotopic (exact) mass is 373 g/mol. The van der Waals surface area contributed by atoms with Crippen molar-refractivity contribution in [1.82, 2.24) is 0 Å². The summed E-state index contributed by atoms with van der Waals surface area (Å²) in [4.78, 5) is 12.4. The first-order valence-corrected chi connectivity index (χ1v) is 9.03. The average Bonchev–Trinajstić information content (AvgIpc) is 2.67. The van der Waals surface area contributed by atoms with Gasteiger partial charge in [-0.25, -0.2) is 4.79 Å². The van der Waals surface area contributed by atoms with Gasteiger partial charge in [0.25, 0.3) is 0 Å². The number of para-hydroxylation sites is 1. The van der Waals surface area contributed by atoms with Gasteiger partial charge in [0.1, 0.15) is 18.5 Å². The van der Waals surface area contributed by atoms with E-state index in [1.165, 1.54) is 0 Å². The van der Waals surface area contributed by atoms with Gasteiger partial charge in [-0.1, -0.05) is 42.8 Å². The Labute approximate surface area is 159 Å². The van der Waals surface area contributed by atoms with E-state index in [9.17, 15) is 9.90 Å². The maximum atomic E-state index is 12.4. The van der Waals surface area contributed by atoms with Crippen LogP contribution in [0.3, 0.4) is 0 Å². The van der Waals surface area contributed by atoms with E-state index in [4.69, 9.17) is 14.6 Å². The Morgan fingerprint density at radius 1 is 1.07 bits per heavy atom. The third-order valence-electron chi connectivity index (χ3n) is 4.21. The minimum absolute atomic E-state index is 0.0136. The third-order valence-corrected chi connectivity index (χ3v) is 4.21. The highest BCUT2D eigenvalue weighted by atomic mass is 16.6. The summed E-state index contributed by atoms with van der Waals surface area (Å²) in [6.07, 6.45) is -0.709. The van der Waals surface area contributed by atoms with Crippen molar-refractivity contribution in [2.75, 3.05) is 25.1 Å². The van der Waals surface area contributed by atoms with Gasteiger partial charge < -0.3 is 19.7 Å². The summed E-state index contributed by atoms with van der Waals surface area (Å²) in [5.74, 6) is 0.419. The molecule has 0 aliphatic rings. The van der Waals surface area contributed by atoms with Crippen LogP contribution in [-0.4, -0.2) is 36.1 Å². The first kappa shape index (κ1) is 20.7. The molecule has 0 fully saturated rings. The molecule has 3 N–H and O–H groups in total. The van der Waals surface area contributed by atoms with E-state index in [0.29, 0.717) is 23.4 Å². The Hall–Kier alpha value is -2.57. The number of nitrogens with one attached hydrogen (secondary N) is 1. The van der Waals surface area contributed by atoms with E-state index in [2.05, 4.69) is 5.32 Å². The molecule has 0 radical (unpaired) electrons. The van der Waals surface area contributed by atoms with Gasteiger partial charge in [0.05, 0.1) is 6.61 Å². The van der Waals surface area contributed by atoms with Crippen LogP contribution in [0.1, 0.15) is 30.6 Å². The zero-order chi connectivity index (χ0) is 19.6. The number of hydrogen-bond acceptors (Lipinski definition) is 5. The standard InChI is InChI=1S/C21H27NO5/c1-15-7-9-17(10-8-15)22-21(25)27-20(16(2)11-12-23)18-5-3-4-6-19(18)26-14-13-24/h3-10,16,20,23-24H,11-14H2,1-2H3,(H,22,25)/t16-,20-/m1/s1. The van der Waals surface area contributed by atoms with Crippen LogP contribution in [0.15, 0.2) is 48.5 Å². The van der Waals surface area contributed by atoms with E-state index in [0.717, 1.165) is 5.56 Å². The lowest BCUT2D eigenvalue weighted by Crippen LogP contribution is -2.23. The minimum atomic E-state index is -0.600. The molecule has 2 aromatic rings. The number of anilines is 1. The number of aliphatic hydroxyl groups is 2. The summed E-state index contributed by atoms with van der Waals surface area (Å²) < 4.78 is 11.3. The molecule has 6 heteroatoms. The predicted molar refractivity (Wildman–Crippen MR) is 104 cm³/mol. The predicted octanol–water partition coefficient (Wildman–Crippen LogP) is 3.67. The summed E-state index contributed by atoms with van der Waals surface area (Å²) in [7, 11) is 0. The lowest BCUT2D eigenvalue weighted by molar-refractivity contribution is 0.0641. The first-order chi connectivity index (χ1) is 13.0. The van der Waals surface area contributed by atoms with Gasteiger partial charge in [-0.2, -0.15) is 0 Å². The highest BCUT2D eigenvalue weighted by Gasteiger charge is 2.26. The average molecular weight is 373 g/mol. The summed E-state index contributed by atoms with van der Waals surface area (Å²) in [5, 5.41) is 21.1. The molecule has 27 heavy (non-hydrogen) atoms. The molecule has 2 aromatic carbocycles. The fourth-order valence-corrected chi connectivity index (χ4v) is 2.74. The van der Waals surface area contributed by atoms with Gasteiger partial charge in [-0.05, 0) is 37.5 Å². The van der Waals surface area contributed by atoms with E-state index in [1.54, 1.807) is 18.2 Å². The van der Waals surface area contributed by atoms with Crippen molar-refractivity contribution >= 4 is 11.8 Å². The highest BCUT2D eigenvalue weighted by Crippen LogP contribution is 2.35. The number of hydrogen-bond donors (Lipinski definition) is 3. The van der Waals surface area contributed by atoms with E-state index < -0.39 is 12.2 Å². The van der Waals surface area contributed by atoms with Crippen LogP contribution in [0, 0.1) is 12.8 Å². The Bertz CT molecular complexity index is 717. The molecule has 2 rings (SSSR count). The largest absolute Gasteiger partial charge is 0.491 e. The Morgan fingerprint density at radius 3 is 2.44 bits per heavy atom. The van der Waals surface area contributed by atoms with Crippen molar-refractivity contribution in [1.29, 1.82) is 0 Å². The molecule has 0 aliphatic carbocycles. The molecule has 146 valence electrons. The number of amides is 1. The van der Waals surface area contributed by atoms with Crippen molar-refractivity contribution in [3.63, 3.8) is 0 Å². The minimum Gasteiger partial charge on any atom is -0.491 e. The molecule has 0 saturated heterocycles. The van der Waals surface area contributed by atoms with Gasteiger partial charge in [0, 0.05) is 17.9 Å². The van der Waals surface area contributed by atoms with E-state index in [1.807, 2.05) is 44.2 Å². The Morgan fingerprint density at radius 2 is 1.78 bits per heavy atom. The van der Waals surface area contributed by atoms with Crippen molar-refractivity contribution in [2.24, 2.45) is 5.92 Å². The number of carbonyl (C=O) groups is 1. The molecule has 0 bridgehead atoms. The number of aliphatic hydroxyl groups excluding tert-OH is 2. The molecule has 0 spiro atoms. The topological polar surface area (TPSA) is 88.0 Å². The molecule has 0 unspecified atom stereocenters. The van der Waals surface area contributed by atoms with Crippen molar-refractivity contribution in [3.8, 4) is 5.75 Å². The zero-order valence-electron chi connectivity index (χ0n) is 15.7. The summed E-state index contributed by atoms with van der Waals surface area (Å²) in [6, 6.07) is 14.7. The number of rotatable bonds is 9. The lowest BCUT2D eigenvalue weighted by atomic mass is 9.94. The molecular weight excluding hydrogens is 346 g/mol. The Kier molecular flexibility index (Phi) is 8.10. The van der Waals surface area contributed by atoms with Crippen molar-refractivity contribution < 1.29 is 24.5 Å². The normalized spacial score (nSPS) is 12.9. The number of benzene rings is 2. The second kappa shape index (κ2) is 10.5. The van der Waals surface area contributed by atoms with E-state index >= 15 is 0 Å². The number of aryl methyl sites for hydroxylation is 1. The third kappa shape index (κ3) is 6.27. The maximum absolute atomic E-state index is 12.4. The molecule has 0 heterocycles. The SMILES string of the molecule is Cc1ccc(NC(=O)O[C@@H](c2ccccc2OCCO)[C@H](C)CCO)cc1. The Balaban J connectivity index is 2.19. The summed E-state index contributed by atoms with van der Waals surface area (Å²) >= 11 is 0. The molecule has 0 aromatic heterocycles. The quantitative estimate of drug-likeness (QED) is 0.624. The highest BCUT2D eigenvalue weighted by molar-refractivity contribution is 5.84. The fraction of sp³-hybridized carbons (Fsp3) is 0.381. The zero-order valence-corrected chi connectivity index (χ0v) is 15.7. The summed E-state index contributed by atoms with van der Waals surface area (Å²) in [6.45, 7) is 3.90. The molecule has 2 atom stereocenters. The van der Waals surface area contributed by atoms with E-state index in [-0.39, 0.29) is 25.7 Å². The van der Waals surface area contributed by atoms with Crippen LogP contribution in [0.4, 0.5) is 10.5 Å². The molecule has 1 amide bonds. The van der Waals surface area contributed by atoms with Crippen LogP contribution in [-0.2, 0) is 4.74 Å². The summed E-state index contributed by atoms with van der Waals surface area (Å²) in [5.41, 5.74) is 2.44. The van der Waals surface area contributed by atoms with Gasteiger partial charge in [-0.3, -0.25) is 5.32 Å². The van der Waals surface area contributed by atoms with Crippen LogP contribution >= 0.6 is 0 Å². The molecule has 6 nitrogen and oxygen atoms in total.